The second-order valence-corrected chi connectivity index (χ2v) is 6.41. The fourth-order valence-electron chi connectivity index (χ4n) is 3.16. The van der Waals surface area contributed by atoms with Gasteiger partial charge in [0, 0.05) is 12.0 Å². The molecule has 0 unspecified atom stereocenters. The molecular formula is C23H21FO3. The lowest BCUT2D eigenvalue weighted by molar-refractivity contribution is -0.143. The fourth-order valence-corrected chi connectivity index (χ4v) is 3.16. The standard InChI is InChI=1S/C23H21FO3/c1-3-27-23(26)11-9-18-12-17(8-10-22(18)24)21-14-19(15(2)25)13-16-6-4-5-7-20(16)21/h4-8,10,12-14H,3,9,11H2,1-2H3. The summed E-state index contributed by atoms with van der Waals surface area (Å²) in [6.45, 7) is 3.58. The Bertz CT molecular complexity index is 1010. The summed E-state index contributed by atoms with van der Waals surface area (Å²) >= 11 is 0. The first-order valence-corrected chi connectivity index (χ1v) is 8.97. The van der Waals surface area contributed by atoms with E-state index >= 15 is 0 Å². The van der Waals surface area contributed by atoms with Crippen LogP contribution < -0.4 is 0 Å². The summed E-state index contributed by atoms with van der Waals surface area (Å²) in [4.78, 5) is 23.5. The molecule has 0 heterocycles. The first-order chi connectivity index (χ1) is 13.0. The van der Waals surface area contributed by atoms with Gasteiger partial charge in [-0.15, -0.1) is 0 Å². The smallest absolute Gasteiger partial charge is 0.306 e. The van der Waals surface area contributed by atoms with Crippen LogP contribution in [0.4, 0.5) is 4.39 Å². The molecule has 0 bridgehead atoms. The number of hydrogen-bond donors (Lipinski definition) is 0. The SMILES string of the molecule is CCOC(=O)CCc1cc(-c2cc(C(C)=O)cc3ccccc23)ccc1F. The van der Waals surface area contributed by atoms with E-state index in [4.69, 9.17) is 4.74 Å². The highest BCUT2D eigenvalue weighted by atomic mass is 19.1. The summed E-state index contributed by atoms with van der Waals surface area (Å²) in [6.07, 6.45) is 0.394. The summed E-state index contributed by atoms with van der Waals surface area (Å²) in [6, 6.07) is 16.4. The molecule has 0 saturated carbocycles. The van der Waals surface area contributed by atoms with Crippen LogP contribution in [0.2, 0.25) is 0 Å². The molecule has 3 aromatic carbocycles. The zero-order valence-corrected chi connectivity index (χ0v) is 15.4. The molecule has 0 radical (unpaired) electrons. The molecule has 4 heteroatoms. The van der Waals surface area contributed by atoms with Crippen LogP contribution in [0, 0.1) is 5.82 Å². The third kappa shape index (κ3) is 4.22. The van der Waals surface area contributed by atoms with E-state index in [-0.39, 0.29) is 30.4 Å². The number of rotatable bonds is 6. The van der Waals surface area contributed by atoms with Crippen molar-refractivity contribution in [3.8, 4) is 11.1 Å². The van der Waals surface area contributed by atoms with Gasteiger partial charge in [-0.05, 0) is 72.0 Å². The Hall–Kier alpha value is -3.01. The van der Waals surface area contributed by atoms with Crippen molar-refractivity contribution in [1.29, 1.82) is 0 Å². The van der Waals surface area contributed by atoms with Crippen LogP contribution in [0.15, 0.2) is 54.6 Å². The zero-order valence-electron chi connectivity index (χ0n) is 15.4. The summed E-state index contributed by atoms with van der Waals surface area (Å²) in [5, 5.41) is 1.95. The molecule has 0 aliphatic heterocycles. The highest BCUT2D eigenvalue weighted by Gasteiger charge is 2.12. The van der Waals surface area contributed by atoms with Crippen molar-refractivity contribution in [3.63, 3.8) is 0 Å². The van der Waals surface area contributed by atoms with Crippen LogP contribution in [0.25, 0.3) is 21.9 Å². The number of aryl methyl sites for hydroxylation is 1. The van der Waals surface area contributed by atoms with Crippen LogP contribution in [0.1, 0.15) is 36.2 Å². The van der Waals surface area contributed by atoms with Gasteiger partial charge < -0.3 is 4.74 Å². The molecule has 0 saturated heterocycles. The van der Waals surface area contributed by atoms with Crippen molar-refractivity contribution in [2.75, 3.05) is 6.61 Å². The molecule has 0 aliphatic carbocycles. The molecule has 138 valence electrons. The van der Waals surface area contributed by atoms with Gasteiger partial charge in [-0.1, -0.05) is 30.3 Å². The third-order valence-electron chi connectivity index (χ3n) is 4.53. The van der Waals surface area contributed by atoms with Crippen molar-refractivity contribution in [2.24, 2.45) is 0 Å². The van der Waals surface area contributed by atoms with E-state index in [9.17, 15) is 14.0 Å². The maximum Gasteiger partial charge on any atom is 0.306 e. The molecule has 0 amide bonds. The summed E-state index contributed by atoms with van der Waals surface area (Å²) in [5.41, 5.74) is 2.75. The number of fused-ring (bicyclic) bond motifs is 1. The van der Waals surface area contributed by atoms with Crippen molar-refractivity contribution in [2.45, 2.75) is 26.7 Å². The lowest BCUT2D eigenvalue weighted by atomic mass is 9.93. The van der Waals surface area contributed by atoms with Crippen molar-refractivity contribution in [1.82, 2.24) is 0 Å². The molecule has 3 nitrogen and oxygen atoms in total. The Labute approximate surface area is 157 Å². The van der Waals surface area contributed by atoms with E-state index in [1.165, 1.54) is 13.0 Å². The number of ether oxygens (including phenoxy) is 1. The summed E-state index contributed by atoms with van der Waals surface area (Å²) in [7, 11) is 0. The highest BCUT2D eigenvalue weighted by molar-refractivity contribution is 6.04. The van der Waals surface area contributed by atoms with Gasteiger partial charge in [0.15, 0.2) is 5.78 Å². The molecule has 0 aromatic heterocycles. The van der Waals surface area contributed by atoms with Gasteiger partial charge in [0.25, 0.3) is 0 Å². The number of carbonyl (C=O) groups excluding carboxylic acids is 2. The number of hydrogen-bond acceptors (Lipinski definition) is 3. The first-order valence-electron chi connectivity index (χ1n) is 8.97. The fraction of sp³-hybridized carbons (Fsp3) is 0.217. The van der Waals surface area contributed by atoms with E-state index in [1.807, 2.05) is 36.4 Å². The zero-order chi connectivity index (χ0) is 19.4. The molecule has 3 rings (SSSR count). The molecular weight excluding hydrogens is 343 g/mol. The minimum atomic E-state index is -0.352. The topological polar surface area (TPSA) is 43.4 Å². The molecule has 0 fully saturated rings. The largest absolute Gasteiger partial charge is 0.466 e. The van der Waals surface area contributed by atoms with Crippen LogP contribution in [-0.4, -0.2) is 18.4 Å². The van der Waals surface area contributed by atoms with E-state index in [2.05, 4.69) is 0 Å². The maximum absolute atomic E-state index is 14.2. The van der Waals surface area contributed by atoms with Gasteiger partial charge in [-0.2, -0.15) is 0 Å². The quantitative estimate of drug-likeness (QED) is 0.438. The summed E-state index contributed by atoms with van der Waals surface area (Å²) < 4.78 is 19.2. The monoisotopic (exact) mass is 364 g/mol. The number of ketones is 1. The van der Waals surface area contributed by atoms with E-state index in [0.29, 0.717) is 17.7 Å². The van der Waals surface area contributed by atoms with Gasteiger partial charge in [0.05, 0.1) is 6.61 Å². The third-order valence-corrected chi connectivity index (χ3v) is 4.53. The van der Waals surface area contributed by atoms with E-state index < -0.39 is 0 Å². The Balaban J connectivity index is 2.05. The first kappa shape index (κ1) is 18.8. The molecule has 0 aliphatic rings. The predicted molar refractivity (Wildman–Crippen MR) is 104 cm³/mol. The van der Waals surface area contributed by atoms with Crippen LogP contribution in [0.5, 0.6) is 0 Å². The highest BCUT2D eigenvalue weighted by Crippen LogP contribution is 2.32. The second kappa shape index (κ2) is 8.12. The van der Waals surface area contributed by atoms with Crippen molar-refractivity contribution < 1.29 is 18.7 Å². The molecule has 27 heavy (non-hydrogen) atoms. The normalized spacial score (nSPS) is 10.8. The molecule has 3 aromatic rings. The average molecular weight is 364 g/mol. The minimum absolute atomic E-state index is 0.0216. The van der Waals surface area contributed by atoms with Gasteiger partial charge in [0.2, 0.25) is 0 Å². The lowest BCUT2D eigenvalue weighted by Gasteiger charge is -2.12. The van der Waals surface area contributed by atoms with Crippen molar-refractivity contribution >= 4 is 22.5 Å². The van der Waals surface area contributed by atoms with Gasteiger partial charge in [0.1, 0.15) is 5.82 Å². The molecule has 0 atom stereocenters. The number of halogens is 1. The minimum Gasteiger partial charge on any atom is -0.466 e. The van der Waals surface area contributed by atoms with Crippen LogP contribution in [-0.2, 0) is 16.0 Å². The average Bonchev–Trinajstić information content (AvgIpc) is 2.66. The second-order valence-electron chi connectivity index (χ2n) is 6.41. The van der Waals surface area contributed by atoms with E-state index in [0.717, 1.165) is 21.9 Å². The summed E-state index contributed by atoms with van der Waals surface area (Å²) in [5.74, 6) is -0.715. The molecule has 0 spiro atoms. The number of Topliss-reactive ketones (excluding diaryl/α,β-unsaturated/α-hetero) is 1. The molecule has 0 N–H and O–H groups in total. The lowest BCUT2D eigenvalue weighted by Crippen LogP contribution is -2.06. The Kier molecular flexibility index (Phi) is 5.65. The Morgan fingerprint density at radius 1 is 1.04 bits per heavy atom. The number of esters is 1. The van der Waals surface area contributed by atoms with Crippen molar-refractivity contribution in [3.05, 3.63) is 71.5 Å². The van der Waals surface area contributed by atoms with Gasteiger partial charge >= 0.3 is 5.97 Å². The predicted octanol–water partition coefficient (Wildman–Crippen LogP) is 5.34. The Morgan fingerprint density at radius 3 is 2.56 bits per heavy atom. The van der Waals surface area contributed by atoms with Gasteiger partial charge in [-0.25, -0.2) is 4.39 Å². The van der Waals surface area contributed by atoms with Gasteiger partial charge in [-0.3, -0.25) is 9.59 Å². The maximum atomic E-state index is 14.2. The number of carbonyl (C=O) groups is 2. The number of benzene rings is 3. The Morgan fingerprint density at radius 2 is 1.81 bits per heavy atom. The van der Waals surface area contributed by atoms with Crippen LogP contribution in [0.3, 0.4) is 0 Å². The van der Waals surface area contributed by atoms with Crippen LogP contribution >= 0.6 is 0 Å². The van der Waals surface area contributed by atoms with E-state index in [1.54, 1.807) is 19.1 Å².